The van der Waals surface area contributed by atoms with Gasteiger partial charge in [0.05, 0.1) is 25.3 Å². The van der Waals surface area contributed by atoms with Crippen LogP contribution in [0.2, 0.25) is 0 Å². The van der Waals surface area contributed by atoms with E-state index in [0.29, 0.717) is 33.9 Å². The molecule has 0 amide bonds. The molecule has 0 fully saturated rings. The number of carbonyl (C=O) groups excluding carboxylic acids is 2. The summed E-state index contributed by atoms with van der Waals surface area (Å²) in [6.45, 7) is 0. The third-order valence-corrected chi connectivity index (χ3v) is 4.22. The van der Waals surface area contributed by atoms with Gasteiger partial charge in [0.1, 0.15) is 17.2 Å². The van der Waals surface area contributed by atoms with Crippen molar-refractivity contribution in [1.29, 1.82) is 0 Å². The lowest BCUT2D eigenvalue weighted by Gasteiger charge is -2.09. The van der Waals surface area contributed by atoms with Crippen LogP contribution in [0.4, 0.5) is 0 Å². The summed E-state index contributed by atoms with van der Waals surface area (Å²) in [4.78, 5) is 25.0. The Labute approximate surface area is 169 Å². The Morgan fingerprint density at radius 3 is 2.24 bits per heavy atom. The van der Waals surface area contributed by atoms with Crippen LogP contribution >= 0.6 is 0 Å². The molecule has 5 nitrogen and oxygen atoms in total. The number of benzene rings is 3. The molecule has 0 unspecified atom stereocenters. The van der Waals surface area contributed by atoms with Crippen LogP contribution in [0.25, 0.3) is 6.08 Å². The van der Waals surface area contributed by atoms with E-state index >= 15 is 0 Å². The quantitative estimate of drug-likeness (QED) is 0.251. The Bertz CT molecular complexity index is 1040. The van der Waals surface area contributed by atoms with Gasteiger partial charge >= 0.3 is 5.97 Å². The van der Waals surface area contributed by atoms with Gasteiger partial charge < -0.3 is 14.2 Å². The lowest BCUT2D eigenvalue weighted by Crippen LogP contribution is -2.09. The average molecular weight is 388 g/mol. The molecule has 0 heterocycles. The predicted octanol–water partition coefficient (Wildman–Crippen LogP) is 4.82. The molecule has 0 bridgehead atoms. The number of allylic oxidation sites excluding steroid dienone is 1. The molecule has 0 radical (unpaired) electrons. The summed E-state index contributed by atoms with van der Waals surface area (Å²) in [5.41, 5.74) is 1.46. The third-order valence-electron chi connectivity index (χ3n) is 4.22. The first-order valence-electron chi connectivity index (χ1n) is 8.93. The van der Waals surface area contributed by atoms with Crippen molar-refractivity contribution in [3.63, 3.8) is 0 Å². The van der Waals surface area contributed by atoms with Gasteiger partial charge in [0.2, 0.25) is 0 Å². The van der Waals surface area contributed by atoms with Gasteiger partial charge in [0.25, 0.3) is 0 Å². The van der Waals surface area contributed by atoms with Gasteiger partial charge in [-0.3, -0.25) is 4.79 Å². The maximum absolute atomic E-state index is 12.6. The Morgan fingerprint density at radius 1 is 0.793 bits per heavy atom. The van der Waals surface area contributed by atoms with E-state index in [1.165, 1.54) is 13.2 Å². The second kappa shape index (κ2) is 9.37. The van der Waals surface area contributed by atoms with E-state index in [1.807, 2.05) is 6.07 Å². The molecule has 3 aromatic rings. The Hall–Kier alpha value is -3.86. The highest BCUT2D eigenvalue weighted by Gasteiger charge is 2.13. The van der Waals surface area contributed by atoms with E-state index in [2.05, 4.69) is 0 Å². The predicted molar refractivity (Wildman–Crippen MR) is 111 cm³/mol. The normalized spacial score (nSPS) is 10.6. The smallest absolute Gasteiger partial charge is 0.343 e. The van der Waals surface area contributed by atoms with E-state index in [-0.39, 0.29) is 5.78 Å². The van der Waals surface area contributed by atoms with Crippen LogP contribution in [0, 0.1) is 0 Å². The molecule has 3 rings (SSSR count). The number of esters is 1. The van der Waals surface area contributed by atoms with Gasteiger partial charge in [-0.25, -0.2) is 4.79 Å². The molecule has 0 saturated carbocycles. The Balaban J connectivity index is 1.81. The van der Waals surface area contributed by atoms with Crippen molar-refractivity contribution >= 4 is 17.8 Å². The van der Waals surface area contributed by atoms with Crippen LogP contribution in [0.5, 0.6) is 17.2 Å². The molecule has 0 saturated heterocycles. The monoisotopic (exact) mass is 388 g/mol. The topological polar surface area (TPSA) is 61.8 Å². The fourth-order valence-corrected chi connectivity index (χ4v) is 2.70. The number of methoxy groups -OCH3 is 2. The van der Waals surface area contributed by atoms with Gasteiger partial charge in [0.15, 0.2) is 5.78 Å². The minimum Gasteiger partial charge on any atom is -0.497 e. The Morgan fingerprint density at radius 2 is 1.52 bits per heavy atom. The largest absolute Gasteiger partial charge is 0.497 e. The summed E-state index contributed by atoms with van der Waals surface area (Å²) in [6.07, 6.45) is 3.03. The summed E-state index contributed by atoms with van der Waals surface area (Å²) < 4.78 is 15.9. The molecule has 0 N–H and O–H groups in total. The molecular weight excluding hydrogens is 368 g/mol. The molecule has 0 aromatic heterocycles. The van der Waals surface area contributed by atoms with Crippen molar-refractivity contribution < 1.29 is 23.8 Å². The van der Waals surface area contributed by atoms with Crippen molar-refractivity contribution in [2.75, 3.05) is 14.2 Å². The fraction of sp³-hybridized carbons (Fsp3) is 0.0833. The number of ether oxygens (including phenoxy) is 3. The second-order valence-corrected chi connectivity index (χ2v) is 6.06. The highest BCUT2D eigenvalue weighted by molar-refractivity contribution is 6.09. The van der Waals surface area contributed by atoms with Crippen LogP contribution in [-0.2, 0) is 0 Å². The summed E-state index contributed by atoms with van der Waals surface area (Å²) in [5.74, 6) is 0.679. The standard InChI is InChI=1S/C24H20O5/c1-27-19-13-14-20(23(16-19)28-2)21(25)15-12-17-8-6-7-11-22(17)29-24(26)18-9-4-3-5-10-18/h3-16H,1-2H3/b15-12+. The first-order chi connectivity index (χ1) is 14.1. The fourth-order valence-electron chi connectivity index (χ4n) is 2.70. The minimum atomic E-state index is -0.463. The Kier molecular flexibility index (Phi) is 6.43. The molecule has 29 heavy (non-hydrogen) atoms. The number of rotatable bonds is 7. The van der Waals surface area contributed by atoms with Gasteiger partial charge in [-0.1, -0.05) is 36.4 Å². The highest BCUT2D eigenvalue weighted by Crippen LogP contribution is 2.26. The van der Waals surface area contributed by atoms with Crippen molar-refractivity contribution in [1.82, 2.24) is 0 Å². The summed E-state index contributed by atoms with van der Waals surface area (Å²) in [6, 6.07) is 20.7. The van der Waals surface area contributed by atoms with Gasteiger partial charge in [-0.15, -0.1) is 0 Å². The zero-order valence-electron chi connectivity index (χ0n) is 16.1. The first kappa shape index (κ1) is 19.9. The van der Waals surface area contributed by atoms with Gasteiger partial charge in [-0.2, -0.15) is 0 Å². The van der Waals surface area contributed by atoms with Crippen LogP contribution < -0.4 is 14.2 Å². The van der Waals surface area contributed by atoms with E-state index in [0.717, 1.165) is 0 Å². The molecule has 0 aliphatic rings. The summed E-state index contributed by atoms with van der Waals surface area (Å²) in [7, 11) is 3.04. The minimum absolute atomic E-state index is 0.242. The van der Waals surface area contributed by atoms with Crippen molar-refractivity contribution in [3.05, 3.63) is 95.6 Å². The molecule has 5 heteroatoms. The zero-order chi connectivity index (χ0) is 20.6. The van der Waals surface area contributed by atoms with Crippen LogP contribution in [0.1, 0.15) is 26.3 Å². The molecule has 3 aromatic carbocycles. The molecule has 146 valence electrons. The highest BCUT2D eigenvalue weighted by atomic mass is 16.5. The number of carbonyl (C=O) groups is 2. The lowest BCUT2D eigenvalue weighted by atomic mass is 10.1. The molecule has 0 spiro atoms. The SMILES string of the molecule is COc1ccc(C(=O)/C=C/c2ccccc2OC(=O)c2ccccc2)c(OC)c1. The van der Waals surface area contributed by atoms with E-state index in [4.69, 9.17) is 14.2 Å². The van der Waals surface area contributed by atoms with Crippen LogP contribution in [0.15, 0.2) is 78.9 Å². The molecule has 0 atom stereocenters. The van der Waals surface area contributed by atoms with Crippen molar-refractivity contribution in [2.45, 2.75) is 0 Å². The number of hydrogen-bond acceptors (Lipinski definition) is 5. The zero-order valence-corrected chi connectivity index (χ0v) is 16.1. The second-order valence-electron chi connectivity index (χ2n) is 6.06. The number of para-hydroxylation sites is 1. The average Bonchev–Trinajstić information content (AvgIpc) is 2.78. The van der Waals surface area contributed by atoms with E-state index < -0.39 is 5.97 Å². The third kappa shape index (κ3) is 4.90. The molecule has 0 aliphatic heterocycles. The lowest BCUT2D eigenvalue weighted by molar-refractivity contribution is 0.0734. The van der Waals surface area contributed by atoms with Gasteiger partial charge in [0, 0.05) is 11.6 Å². The number of hydrogen-bond donors (Lipinski definition) is 0. The molecular formula is C24H20O5. The van der Waals surface area contributed by atoms with E-state index in [1.54, 1.807) is 79.9 Å². The van der Waals surface area contributed by atoms with E-state index in [9.17, 15) is 9.59 Å². The van der Waals surface area contributed by atoms with Crippen LogP contribution in [-0.4, -0.2) is 26.0 Å². The maximum Gasteiger partial charge on any atom is 0.343 e. The summed E-state index contributed by atoms with van der Waals surface area (Å²) >= 11 is 0. The van der Waals surface area contributed by atoms with Crippen LogP contribution in [0.3, 0.4) is 0 Å². The van der Waals surface area contributed by atoms with Gasteiger partial charge in [-0.05, 0) is 42.5 Å². The van der Waals surface area contributed by atoms with Crippen molar-refractivity contribution in [2.24, 2.45) is 0 Å². The summed E-state index contributed by atoms with van der Waals surface area (Å²) in [5, 5.41) is 0. The first-order valence-corrected chi connectivity index (χ1v) is 8.93. The number of ketones is 1. The molecule has 0 aliphatic carbocycles. The maximum atomic E-state index is 12.6. The van der Waals surface area contributed by atoms with Crippen molar-refractivity contribution in [3.8, 4) is 17.2 Å².